The average molecular weight is 284 g/mol. The highest BCUT2D eigenvalue weighted by Crippen LogP contribution is 2.32. The molecule has 21 heavy (non-hydrogen) atoms. The third-order valence-electron chi connectivity index (χ3n) is 4.63. The van der Waals surface area contributed by atoms with Crippen molar-refractivity contribution in [2.75, 3.05) is 5.73 Å². The summed E-state index contributed by atoms with van der Waals surface area (Å²) in [6.07, 6.45) is 12.9. The molecule has 112 valence electrons. The van der Waals surface area contributed by atoms with E-state index in [9.17, 15) is 0 Å². The fraction of sp³-hybridized carbons (Fsp3) is 0.529. The Morgan fingerprint density at radius 3 is 2.81 bits per heavy atom. The topological polar surface area (TPSA) is 56.7 Å². The smallest absolute Gasteiger partial charge is 0.129 e. The van der Waals surface area contributed by atoms with Crippen molar-refractivity contribution in [1.29, 1.82) is 0 Å². The van der Waals surface area contributed by atoms with Crippen LogP contribution in [0.2, 0.25) is 0 Å². The van der Waals surface area contributed by atoms with Crippen molar-refractivity contribution in [2.24, 2.45) is 13.0 Å². The van der Waals surface area contributed by atoms with Crippen molar-refractivity contribution in [3.63, 3.8) is 0 Å². The highest BCUT2D eigenvalue weighted by atomic mass is 15.3. The number of aryl methyl sites for hydroxylation is 2. The molecule has 0 amide bonds. The molecule has 2 aromatic heterocycles. The van der Waals surface area contributed by atoms with Crippen molar-refractivity contribution in [2.45, 2.75) is 44.9 Å². The Morgan fingerprint density at radius 2 is 2.10 bits per heavy atom. The van der Waals surface area contributed by atoms with Crippen LogP contribution < -0.4 is 5.73 Å². The normalized spacial score (nSPS) is 16.2. The van der Waals surface area contributed by atoms with E-state index in [0.717, 1.165) is 35.0 Å². The molecule has 1 aliphatic rings. The molecule has 2 N–H and O–H groups in total. The standard InChI is InChI=1S/C17H24N4/c1-21-17(18)16(14-8-5-11-19-12-14)15(20-21)10-9-13-6-3-2-4-7-13/h5,8,11-13H,2-4,6-7,9-10,18H2,1H3. The number of hydrogen-bond donors (Lipinski definition) is 1. The lowest BCUT2D eigenvalue weighted by Crippen LogP contribution is -2.07. The van der Waals surface area contributed by atoms with Gasteiger partial charge in [0.1, 0.15) is 5.82 Å². The van der Waals surface area contributed by atoms with Crippen LogP contribution in [-0.2, 0) is 13.5 Å². The SMILES string of the molecule is Cn1nc(CCC2CCCCC2)c(-c2cccnc2)c1N. The zero-order valence-electron chi connectivity index (χ0n) is 12.8. The molecular formula is C17H24N4. The van der Waals surface area contributed by atoms with Gasteiger partial charge >= 0.3 is 0 Å². The molecule has 3 rings (SSSR count). The van der Waals surface area contributed by atoms with Gasteiger partial charge in [-0.1, -0.05) is 38.2 Å². The number of anilines is 1. The van der Waals surface area contributed by atoms with Crippen LogP contribution in [0.3, 0.4) is 0 Å². The number of pyridine rings is 1. The van der Waals surface area contributed by atoms with Crippen molar-refractivity contribution in [3.8, 4) is 11.1 Å². The summed E-state index contributed by atoms with van der Waals surface area (Å²) in [5.74, 6) is 1.60. The molecule has 0 saturated heterocycles. The van der Waals surface area contributed by atoms with Crippen molar-refractivity contribution < 1.29 is 0 Å². The molecule has 0 radical (unpaired) electrons. The number of hydrogen-bond acceptors (Lipinski definition) is 3. The maximum atomic E-state index is 6.22. The molecule has 1 saturated carbocycles. The molecular weight excluding hydrogens is 260 g/mol. The predicted octanol–water partition coefficient (Wildman–Crippen LogP) is 3.58. The Hall–Kier alpha value is -1.84. The summed E-state index contributed by atoms with van der Waals surface area (Å²) in [7, 11) is 1.92. The van der Waals surface area contributed by atoms with Gasteiger partial charge in [0.25, 0.3) is 0 Å². The first kappa shape index (κ1) is 14.1. The third-order valence-corrected chi connectivity index (χ3v) is 4.63. The third kappa shape index (κ3) is 3.09. The van der Waals surface area contributed by atoms with Crippen LogP contribution in [-0.4, -0.2) is 14.8 Å². The molecule has 0 spiro atoms. The van der Waals surface area contributed by atoms with Gasteiger partial charge in [-0.2, -0.15) is 5.10 Å². The molecule has 1 aliphatic carbocycles. The summed E-state index contributed by atoms with van der Waals surface area (Å²) >= 11 is 0. The highest BCUT2D eigenvalue weighted by Gasteiger charge is 2.18. The van der Waals surface area contributed by atoms with E-state index in [0.29, 0.717) is 0 Å². The lowest BCUT2D eigenvalue weighted by molar-refractivity contribution is 0.338. The zero-order valence-corrected chi connectivity index (χ0v) is 12.8. The fourth-order valence-corrected chi connectivity index (χ4v) is 3.41. The minimum Gasteiger partial charge on any atom is -0.383 e. The second kappa shape index (κ2) is 6.29. The predicted molar refractivity (Wildman–Crippen MR) is 85.7 cm³/mol. The van der Waals surface area contributed by atoms with E-state index in [-0.39, 0.29) is 0 Å². The van der Waals surface area contributed by atoms with Gasteiger partial charge in [0.05, 0.1) is 5.69 Å². The molecule has 0 aliphatic heterocycles. The first-order valence-corrected chi connectivity index (χ1v) is 7.97. The Balaban J connectivity index is 1.80. The van der Waals surface area contributed by atoms with Crippen LogP contribution in [0, 0.1) is 5.92 Å². The summed E-state index contributed by atoms with van der Waals surface area (Å²) in [6.45, 7) is 0. The average Bonchev–Trinajstić information content (AvgIpc) is 2.82. The summed E-state index contributed by atoms with van der Waals surface area (Å²) in [5, 5.41) is 4.63. The zero-order chi connectivity index (χ0) is 14.7. The van der Waals surface area contributed by atoms with E-state index < -0.39 is 0 Å². The second-order valence-electron chi connectivity index (χ2n) is 6.11. The maximum absolute atomic E-state index is 6.22. The van der Waals surface area contributed by atoms with Gasteiger partial charge in [-0.25, -0.2) is 0 Å². The Kier molecular flexibility index (Phi) is 4.23. The van der Waals surface area contributed by atoms with Gasteiger partial charge in [-0.15, -0.1) is 0 Å². The molecule has 4 heteroatoms. The first-order valence-electron chi connectivity index (χ1n) is 7.97. The number of nitrogens with zero attached hydrogens (tertiary/aromatic N) is 3. The van der Waals surface area contributed by atoms with Crippen molar-refractivity contribution >= 4 is 5.82 Å². The summed E-state index contributed by atoms with van der Waals surface area (Å²) in [6, 6.07) is 4.01. The molecule has 1 fully saturated rings. The lowest BCUT2D eigenvalue weighted by atomic mass is 9.85. The molecule has 2 heterocycles. The lowest BCUT2D eigenvalue weighted by Gasteiger charge is -2.21. The van der Waals surface area contributed by atoms with Crippen LogP contribution in [0.25, 0.3) is 11.1 Å². The minimum absolute atomic E-state index is 0.738. The van der Waals surface area contributed by atoms with Gasteiger partial charge in [0.2, 0.25) is 0 Å². The highest BCUT2D eigenvalue weighted by molar-refractivity contribution is 5.76. The second-order valence-corrected chi connectivity index (χ2v) is 6.11. The minimum atomic E-state index is 0.738. The van der Waals surface area contributed by atoms with E-state index >= 15 is 0 Å². The van der Waals surface area contributed by atoms with Gasteiger partial charge in [-0.05, 0) is 24.8 Å². The van der Waals surface area contributed by atoms with Gasteiger partial charge in [0.15, 0.2) is 0 Å². The number of rotatable bonds is 4. The van der Waals surface area contributed by atoms with E-state index in [1.807, 2.05) is 19.3 Å². The molecule has 4 nitrogen and oxygen atoms in total. The van der Waals surface area contributed by atoms with E-state index in [2.05, 4.69) is 16.1 Å². The fourth-order valence-electron chi connectivity index (χ4n) is 3.41. The number of aromatic nitrogens is 3. The van der Waals surface area contributed by atoms with Gasteiger partial charge in [-0.3, -0.25) is 9.67 Å². The number of nitrogen functional groups attached to an aromatic ring is 1. The van der Waals surface area contributed by atoms with Crippen LogP contribution in [0.4, 0.5) is 5.82 Å². The van der Waals surface area contributed by atoms with Gasteiger partial charge < -0.3 is 5.73 Å². The van der Waals surface area contributed by atoms with Crippen LogP contribution in [0.5, 0.6) is 0 Å². The van der Waals surface area contributed by atoms with Crippen molar-refractivity contribution in [1.82, 2.24) is 14.8 Å². The number of nitrogens with two attached hydrogens (primary N) is 1. The maximum Gasteiger partial charge on any atom is 0.129 e. The van der Waals surface area contributed by atoms with E-state index in [1.165, 1.54) is 38.5 Å². The Labute approximate surface area is 126 Å². The van der Waals surface area contributed by atoms with Crippen LogP contribution in [0.1, 0.15) is 44.2 Å². The first-order chi connectivity index (χ1) is 10.3. The van der Waals surface area contributed by atoms with Crippen LogP contribution in [0.15, 0.2) is 24.5 Å². The molecule has 0 unspecified atom stereocenters. The van der Waals surface area contributed by atoms with E-state index in [4.69, 9.17) is 5.73 Å². The largest absolute Gasteiger partial charge is 0.383 e. The Morgan fingerprint density at radius 1 is 1.29 bits per heavy atom. The van der Waals surface area contributed by atoms with Crippen LogP contribution >= 0.6 is 0 Å². The summed E-state index contributed by atoms with van der Waals surface area (Å²) in [4.78, 5) is 4.21. The molecule has 2 aromatic rings. The Bertz CT molecular complexity index is 582. The summed E-state index contributed by atoms with van der Waals surface area (Å²) < 4.78 is 1.79. The summed E-state index contributed by atoms with van der Waals surface area (Å²) in [5.41, 5.74) is 9.48. The molecule has 0 atom stereocenters. The monoisotopic (exact) mass is 284 g/mol. The molecule has 0 aromatic carbocycles. The quantitative estimate of drug-likeness (QED) is 0.933. The van der Waals surface area contributed by atoms with Gasteiger partial charge in [0, 0.05) is 30.6 Å². The molecule has 0 bridgehead atoms. The van der Waals surface area contributed by atoms with E-state index in [1.54, 1.807) is 10.9 Å². The van der Waals surface area contributed by atoms with Crippen molar-refractivity contribution in [3.05, 3.63) is 30.2 Å².